The zero-order valence-electron chi connectivity index (χ0n) is 14.3. The van der Waals surface area contributed by atoms with Crippen LogP contribution >= 0.6 is 0 Å². The molecule has 0 radical (unpaired) electrons. The lowest BCUT2D eigenvalue weighted by Crippen LogP contribution is -2.26. The van der Waals surface area contributed by atoms with Crippen LogP contribution in [-0.2, 0) is 6.18 Å². The van der Waals surface area contributed by atoms with Gasteiger partial charge in [-0.3, -0.25) is 4.79 Å². The number of rotatable bonds is 8. The Morgan fingerprint density at radius 2 is 1.92 bits per heavy atom. The van der Waals surface area contributed by atoms with E-state index in [-0.39, 0.29) is 5.91 Å². The first kappa shape index (κ1) is 19.6. The average Bonchev–Trinajstić information content (AvgIpc) is 2.61. The van der Waals surface area contributed by atoms with E-state index >= 15 is 0 Å². The maximum Gasteiger partial charge on any atom is 0.417 e. The molecule has 1 aromatic heterocycles. The molecule has 0 aliphatic heterocycles. The Morgan fingerprint density at radius 1 is 1.15 bits per heavy atom. The molecule has 140 valence electrons. The number of carbonyl (C=O) groups excluding carboxylic acids is 1. The first-order valence-corrected chi connectivity index (χ1v) is 8.19. The molecule has 0 bridgehead atoms. The molecule has 0 atom stereocenters. The third-order valence-electron chi connectivity index (χ3n) is 3.47. The summed E-state index contributed by atoms with van der Waals surface area (Å²) in [5, 5.41) is 5.70. The van der Waals surface area contributed by atoms with Gasteiger partial charge in [-0.2, -0.15) is 13.2 Å². The molecule has 0 unspecified atom stereocenters. The van der Waals surface area contributed by atoms with Crippen LogP contribution < -0.4 is 15.4 Å². The molecule has 5 nitrogen and oxygen atoms in total. The molecule has 2 N–H and O–H groups in total. The lowest BCUT2D eigenvalue weighted by atomic mass is 10.2. The highest BCUT2D eigenvalue weighted by Crippen LogP contribution is 2.28. The molecule has 0 saturated carbocycles. The minimum atomic E-state index is -4.40. The summed E-state index contributed by atoms with van der Waals surface area (Å²) in [6.07, 6.45) is -3.02. The second kappa shape index (κ2) is 9.07. The van der Waals surface area contributed by atoms with Gasteiger partial charge in [-0.1, -0.05) is 12.1 Å². The van der Waals surface area contributed by atoms with Crippen LogP contribution in [0.25, 0.3) is 0 Å². The third kappa shape index (κ3) is 5.65. The molecule has 2 rings (SSSR count). The van der Waals surface area contributed by atoms with E-state index in [9.17, 15) is 18.0 Å². The van der Waals surface area contributed by atoms with Gasteiger partial charge in [-0.15, -0.1) is 0 Å². The van der Waals surface area contributed by atoms with Crippen LogP contribution in [0.2, 0.25) is 0 Å². The van der Waals surface area contributed by atoms with Crippen LogP contribution in [0, 0.1) is 0 Å². The molecule has 0 fully saturated rings. The molecule has 1 amide bonds. The Hall–Kier alpha value is -2.77. The van der Waals surface area contributed by atoms with Crippen molar-refractivity contribution in [2.45, 2.75) is 19.5 Å². The van der Waals surface area contributed by atoms with Crippen LogP contribution in [0.1, 0.15) is 29.3 Å². The predicted molar refractivity (Wildman–Crippen MR) is 92.3 cm³/mol. The number of pyridine rings is 1. The van der Waals surface area contributed by atoms with Crippen molar-refractivity contribution in [2.75, 3.05) is 25.0 Å². The number of hydrogen-bond acceptors (Lipinski definition) is 4. The lowest BCUT2D eigenvalue weighted by molar-refractivity contribution is -0.137. The van der Waals surface area contributed by atoms with Crippen molar-refractivity contribution < 1.29 is 22.7 Å². The first-order chi connectivity index (χ1) is 12.4. The fourth-order valence-corrected chi connectivity index (χ4v) is 2.20. The van der Waals surface area contributed by atoms with Gasteiger partial charge in [0.1, 0.15) is 11.6 Å². The Kier molecular flexibility index (Phi) is 6.82. The van der Waals surface area contributed by atoms with Crippen LogP contribution in [0.5, 0.6) is 5.75 Å². The minimum absolute atomic E-state index is 0.235. The summed E-state index contributed by atoms with van der Waals surface area (Å²) >= 11 is 0. The number of benzene rings is 1. The van der Waals surface area contributed by atoms with E-state index in [0.717, 1.165) is 12.3 Å². The Labute approximate surface area is 149 Å². The Balaban J connectivity index is 1.75. The number of halogens is 3. The normalized spacial score (nSPS) is 11.1. The van der Waals surface area contributed by atoms with E-state index in [1.807, 2.05) is 6.92 Å². The first-order valence-electron chi connectivity index (χ1n) is 8.19. The highest BCUT2D eigenvalue weighted by molar-refractivity contribution is 5.96. The van der Waals surface area contributed by atoms with E-state index in [4.69, 9.17) is 4.74 Å². The largest absolute Gasteiger partial charge is 0.493 e. The van der Waals surface area contributed by atoms with Gasteiger partial charge in [0.25, 0.3) is 5.91 Å². The van der Waals surface area contributed by atoms with Gasteiger partial charge in [0.2, 0.25) is 0 Å². The summed E-state index contributed by atoms with van der Waals surface area (Å²) in [7, 11) is 0. The number of ether oxygens (including phenoxy) is 1. The van der Waals surface area contributed by atoms with Crippen molar-refractivity contribution in [3.8, 4) is 5.75 Å². The van der Waals surface area contributed by atoms with Crippen LogP contribution in [0.3, 0.4) is 0 Å². The van der Waals surface area contributed by atoms with Gasteiger partial charge in [-0.25, -0.2) is 4.98 Å². The van der Waals surface area contributed by atoms with Crippen LogP contribution in [-0.4, -0.2) is 30.6 Å². The van der Waals surface area contributed by atoms with E-state index in [1.165, 1.54) is 6.07 Å². The van der Waals surface area contributed by atoms with Gasteiger partial charge in [0.05, 0.1) is 17.7 Å². The molecule has 1 heterocycles. The van der Waals surface area contributed by atoms with E-state index in [0.29, 0.717) is 43.2 Å². The minimum Gasteiger partial charge on any atom is -0.493 e. The van der Waals surface area contributed by atoms with Crippen molar-refractivity contribution >= 4 is 11.7 Å². The van der Waals surface area contributed by atoms with Crippen LogP contribution in [0.4, 0.5) is 19.0 Å². The van der Waals surface area contributed by atoms with Gasteiger partial charge >= 0.3 is 6.18 Å². The van der Waals surface area contributed by atoms with Gasteiger partial charge < -0.3 is 15.4 Å². The summed E-state index contributed by atoms with van der Waals surface area (Å²) in [6.45, 7) is 3.18. The molecule has 26 heavy (non-hydrogen) atoms. The highest BCUT2D eigenvalue weighted by Gasteiger charge is 2.30. The van der Waals surface area contributed by atoms with Crippen molar-refractivity contribution in [1.82, 2.24) is 10.3 Å². The highest BCUT2D eigenvalue weighted by atomic mass is 19.4. The molecule has 0 aliphatic rings. The number of nitrogens with one attached hydrogen (secondary N) is 2. The van der Waals surface area contributed by atoms with Crippen molar-refractivity contribution in [1.29, 1.82) is 0 Å². The number of anilines is 1. The molecule has 2 aromatic rings. The maximum atomic E-state index is 12.5. The maximum absolute atomic E-state index is 12.5. The number of aromatic nitrogens is 1. The molecule has 0 spiro atoms. The number of carbonyl (C=O) groups is 1. The zero-order valence-corrected chi connectivity index (χ0v) is 14.3. The number of nitrogens with zero attached hydrogens (tertiary/aromatic N) is 1. The van der Waals surface area contributed by atoms with Gasteiger partial charge in [0, 0.05) is 19.3 Å². The Bertz CT molecular complexity index is 718. The molecular weight excluding hydrogens is 347 g/mol. The lowest BCUT2D eigenvalue weighted by Gasteiger charge is -2.11. The monoisotopic (exact) mass is 367 g/mol. The average molecular weight is 367 g/mol. The second-order valence-electron chi connectivity index (χ2n) is 5.40. The summed E-state index contributed by atoms with van der Waals surface area (Å²) in [5.41, 5.74) is -0.324. The molecular formula is C18H20F3N3O2. The van der Waals surface area contributed by atoms with Gasteiger partial charge in [0.15, 0.2) is 0 Å². The summed E-state index contributed by atoms with van der Waals surface area (Å²) in [4.78, 5) is 15.9. The summed E-state index contributed by atoms with van der Waals surface area (Å²) < 4.78 is 42.8. The van der Waals surface area contributed by atoms with E-state index < -0.39 is 11.7 Å². The van der Waals surface area contributed by atoms with Crippen molar-refractivity contribution in [3.05, 3.63) is 53.7 Å². The van der Waals surface area contributed by atoms with Crippen molar-refractivity contribution in [3.63, 3.8) is 0 Å². The van der Waals surface area contributed by atoms with Gasteiger partial charge in [-0.05, 0) is 37.6 Å². The summed E-state index contributed by atoms with van der Waals surface area (Å²) in [6, 6.07) is 9.22. The number of alkyl halides is 3. The SMILES string of the molecule is CCOc1ccccc1C(=O)NCCCNc1ccc(C(F)(F)F)cn1. The third-order valence-corrected chi connectivity index (χ3v) is 3.47. The topological polar surface area (TPSA) is 63.2 Å². The fourth-order valence-electron chi connectivity index (χ4n) is 2.20. The molecule has 8 heteroatoms. The molecule has 1 aromatic carbocycles. The smallest absolute Gasteiger partial charge is 0.417 e. The zero-order chi connectivity index (χ0) is 19.0. The standard InChI is InChI=1S/C18H20F3N3O2/c1-2-26-15-7-4-3-6-14(15)17(25)23-11-5-10-22-16-9-8-13(12-24-16)18(19,20)21/h3-4,6-9,12H,2,5,10-11H2,1H3,(H,22,24)(H,23,25). The van der Waals surface area contributed by atoms with E-state index in [2.05, 4.69) is 15.6 Å². The van der Waals surface area contributed by atoms with Crippen LogP contribution in [0.15, 0.2) is 42.6 Å². The number of para-hydroxylation sites is 1. The van der Waals surface area contributed by atoms with Crippen molar-refractivity contribution in [2.24, 2.45) is 0 Å². The summed E-state index contributed by atoms with van der Waals surface area (Å²) in [5.74, 6) is 0.646. The Morgan fingerprint density at radius 3 is 2.58 bits per heavy atom. The second-order valence-corrected chi connectivity index (χ2v) is 5.40. The quantitative estimate of drug-likeness (QED) is 0.698. The number of hydrogen-bond donors (Lipinski definition) is 2. The van der Waals surface area contributed by atoms with E-state index in [1.54, 1.807) is 24.3 Å². The predicted octanol–water partition coefficient (Wildman–Crippen LogP) is 3.73. The fraction of sp³-hybridized carbons (Fsp3) is 0.333. The molecule has 0 aliphatic carbocycles. The molecule has 0 saturated heterocycles. The number of amides is 1.